The Morgan fingerprint density at radius 1 is 0.973 bits per heavy atom. The number of ether oxygens (including phenoxy) is 4. The van der Waals surface area contributed by atoms with Crippen LogP contribution in [0.3, 0.4) is 0 Å². The molecule has 0 radical (unpaired) electrons. The zero-order valence-electron chi connectivity index (χ0n) is 21.1. The number of amides is 1. The Morgan fingerprint density at radius 2 is 1.70 bits per heavy atom. The third-order valence-corrected chi connectivity index (χ3v) is 6.26. The molecule has 1 aromatic heterocycles. The van der Waals surface area contributed by atoms with Crippen molar-refractivity contribution in [2.45, 2.75) is 19.0 Å². The second-order valence-electron chi connectivity index (χ2n) is 8.34. The molecule has 1 atom stereocenters. The summed E-state index contributed by atoms with van der Waals surface area (Å²) < 4.78 is 23.6. The predicted molar refractivity (Wildman–Crippen MR) is 135 cm³/mol. The number of aliphatic hydroxyl groups is 1. The maximum atomic E-state index is 13.3. The standard InChI is InChI=1S/C27H29N3O7/c1-34-19-8-5-7-17(13-19)24(31)22-23(18-14-20(35-2)26(37-4)21(15-18)36-3)30(27(33)25(22)32)11-6-10-29-12-9-28-16-29/h5,7-9,12-16,23,31H,6,10-11H2,1-4H3. The van der Waals surface area contributed by atoms with Crippen molar-refractivity contribution in [2.24, 2.45) is 0 Å². The van der Waals surface area contributed by atoms with Crippen molar-refractivity contribution in [3.63, 3.8) is 0 Å². The van der Waals surface area contributed by atoms with E-state index in [0.717, 1.165) is 0 Å². The highest BCUT2D eigenvalue weighted by atomic mass is 16.5. The Hall–Kier alpha value is -4.47. The van der Waals surface area contributed by atoms with Crippen LogP contribution in [0, 0.1) is 0 Å². The monoisotopic (exact) mass is 507 g/mol. The van der Waals surface area contributed by atoms with E-state index in [1.54, 1.807) is 48.9 Å². The van der Waals surface area contributed by atoms with E-state index in [-0.39, 0.29) is 17.9 Å². The van der Waals surface area contributed by atoms with Crippen molar-refractivity contribution in [3.8, 4) is 23.0 Å². The normalized spacial score (nSPS) is 16.6. The van der Waals surface area contributed by atoms with Crippen LogP contribution in [0.5, 0.6) is 23.0 Å². The summed E-state index contributed by atoms with van der Waals surface area (Å²) in [6, 6.07) is 9.15. The van der Waals surface area contributed by atoms with Crippen LogP contribution in [0.2, 0.25) is 0 Å². The van der Waals surface area contributed by atoms with Crippen LogP contribution in [-0.2, 0) is 16.1 Å². The molecule has 0 bridgehead atoms. The number of imidazole rings is 1. The van der Waals surface area contributed by atoms with E-state index < -0.39 is 17.7 Å². The zero-order valence-corrected chi connectivity index (χ0v) is 21.1. The Kier molecular flexibility index (Phi) is 7.66. The van der Waals surface area contributed by atoms with E-state index >= 15 is 0 Å². The number of likely N-dealkylation sites (tertiary alicyclic amines) is 1. The van der Waals surface area contributed by atoms with Crippen molar-refractivity contribution in [3.05, 3.63) is 71.8 Å². The Balaban J connectivity index is 1.84. The van der Waals surface area contributed by atoms with Gasteiger partial charge in [-0.25, -0.2) is 4.98 Å². The molecule has 10 heteroatoms. The summed E-state index contributed by atoms with van der Waals surface area (Å²) in [5.41, 5.74) is 0.851. The number of aliphatic hydroxyl groups excluding tert-OH is 1. The highest BCUT2D eigenvalue weighted by molar-refractivity contribution is 6.46. The number of aromatic nitrogens is 2. The SMILES string of the molecule is COc1cccc(C(O)=C2C(=O)C(=O)N(CCCn3ccnc3)C2c2cc(OC)c(OC)c(OC)c2)c1. The number of rotatable bonds is 10. The fourth-order valence-electron chi connectivity index (χ4n) is 4.48. The van der Waals surface area contributed by atoms with Crippen LogP contribution in [-0.4, -0.2) is 66.2 Å². The Morgan fingerprint density at radius 3 is 2.30 bits per heavy atom. The number of benzene rings is 2. The van der Waals surface area contributed by atoms with Gasteiger partial charge in [0.15, 0.2) is 11.5 Å². The topological polar surface area (TPSA) is 112 Å². The summed E-state index contributed by atoms with van der Waals surface area (Å²) in [5, 5.41) is 11.3. The third kappa shape index (κ3) is 4.95. The molecule has 3 aromatic rings. The van der Waals surface area contributed by atoms with Crippen LogP contribution >= 0.6 is 0 Å². The van der Waals surface area contributed by atoms with Gasteiger partial charge in [-0.3, -0.25) is 9.59 Å². The average Bonchev–Trinajstić information content (AvgIpc) is 3.54. The van der Waals surface area contributed by atoms with Gasteiger partial charge in [0.05, 0.1) is 46.4 Å². The van der Waals surface area contributed by atoms with Gasteiger partial charge in [0, 0.05) is 31.0 Å². The zero-order chi connectivity index (χ0) is 26.5. The van der Waals surface area contributed by atoms with Gasteiger partial charge in [-0.2, -0.15) is 0 Å². The van der Waals surface area contributed by atoms with Crippen molar-refractivity contribution in [1.82, 2.24) is 14.5 Å². The van der Waals surface area contributed by atoms with Crippen molar-refractivity contribution in [1.29, 1.82) is 0 Å². The highest BCUT2D eigenvalue weighted by Gasteiger charge is 2.46. The van der Waals surface area contributed by atoms with Crippen LogP contribution in [0.15, 0.2) is 60.7 Å². The van der Waals surface area contributed by atoms with Gasteiger partial charge in [-0.05, 0) is 36.2 Å². The molecule has 1 amide bonds. The molecule has 1 saturated heterocycles. The number of methoxy groups -OCH3 is 4. The second-order valence-corrected chi connectivity index (χ2v) is 8.34. The lowest BCUT2D eigenvalue weighted by atomic mass is 9.94. The molecule has 37 heavy (non-hydrogen) atoms. The molecule has 1 fully saturated rings. The van der Waals surface area contributed by atoms with Gasteiger partial charge in [-0.1, -0.05) is 12.1 Å². The first-order valence-corrected chi connectivity index (χ1v) is 11.6. The van der Waals surface area contributed by atoms with Crippen LogP contribution in [0.25, 0.3) is 5.76 Å². The molecule has 2 aromatic carbocycles. The molecule has 1 unspecified atom stereocenters. The second kappa shape index (κ2) is 11.1. The first kappa shape index (κ1) is 25.6. The molecular formula is C27H29N3O7. The summed E-state index contributed by atoms with van der Waals surface area (Å²) in [6.07, 6.45) is 5.75. The number of hydrogen-bond donors (Lipinski definition) is 1. The fourth-order valence-corrected chi connectivity index (χ4v) is 4.48. The van der Waals surface area contributed by atoms with E-state index in [4.69, 9.17) is 18.9 Å². The molecule has 4 rings (SSSR count). The number of hydrogen-bond acceptors (Lipinski definition) is 8. The van der Waals surface area contributed by atoms with Crippen molar-refractivity contribution < 1.29 is 33.6 Å². The quantitative estimate of drug-likeness (QED) is 0.252. The summed E-state index contributed by atoms with van der Waals surface area (Å²) in [6.45, 7) is 0.861. The maximum absolute atomic E-state index is 13.3. The predicted octanol–water partition coefficient (Wildman–Crippen LogP) is 3.43. The number of Topliss-reactive ketones (excluding diaryl/α,β-unsaturated/α-hetero) is 1. The Bertz CT molecular complexity index is 1290. The van der Waals surface area contributed by atoms with Crippen molar-refractivity contribution in [2.75, 3.05) is 35.0 Å². The molecule has 1 aliphatic rings. The first-order chi connectivity index (χ1) is 17.9. The van der Waals surface area contributed by atoms with Crippen LogP contribution in [0.4, 0.5) is 0 Å². The number of ketones is 1. The number of carbonyl (C=O) groups is 2. The van der Waals surface area contributed by atoms with Crippen molar-refractivity contribution >= 4 is 17.4 Å². The molecule has 0 saturated carbocycles. The molecule has 10 nitrogen and oxygen atoms in total. The van der Waals surface area contributed by atoms with E-state index in [1.807, 2.05) is 10.8 Å². The van der Waals surface area contributed by atoms with Gasteiger partial charge < -0.3 is 33.5 Å². The number of nitrogens with zero attached hydrogens (tertiary/aromatic N) is 3. The van der Waals surface area contributed by atoms with Gasteiger partial charge >= 0.3 is 0 Å². The van der Waals surface area contributed by atoms with E-state index in [0.29, 0.717) is 47.1 Å². The van der Waals surface area contributed by atoms with E-state index in [9.17, 15) is 14.7 Å². The maximum Gasteiger partial charge on any atom is 0.295 e. The minimum absolute atomic E-state index is 0.0323. The lowest BCUT2D eigenvalue weighted by Crippen LogP contribution is -2.31. The molecule has 1 aliphatic heterocycles. The largest absolute Gasteiger partial charge is 0.507 e. The highest BCUT2D eigenvalue weighted by Crippen LogP contribution is 2.45. The third-order valence-electron chi connectivity index (χ3n) is 6.26. The minimum Gasteiger partial charge on any atom is -0.507 e. The van der Waals surface area contributed by atoms with E-state index in [2.05, 4.69) is 4.98 Å². The molecule has 2 heterocycles. The van der Waals surface area contributed by atoms with Gasteiger partial charge in [-0.15, -0.1) is 0 Å². The van der Waals surface area contributed by atoms with Crippen LogP contribution in [0.1, 0.15) is 23.6 Å². The summed E-state index contributed by atoms with van der Waals surface area (Å²) in [7, 11) is 5.97. The van der Waals surface area contributed by atoms with Crippen LogP contribution < -0.4 is 18.9 Å². The Labute approximate surface area is 214 Å². The number of aryl methyl sites for hydroxylation is 1. The number of carbonyl (C=O) groups excluding carboxylic acids is 2. The average molecular weight is 508 g/mol. The molecule has 1 N–H and O–H groups in total. The van der Waals surface area contributed by atoms with E-state index in [1.165, 1.54) is 33.3 Å². The molecule has 0 aliphatic carbocycles. The fraction of sp³-hybridized carbons (Fsp3) is 0.296. The van der Waals surface area contributed by atoms with Gasteiger partial charge in [0.25, 0.3) is 11.7 Å². The molecule has 0 spiro atoms. The lowest BCUT2D eigenvalue weighted by molar-refractivity contribution is -0.139. The smallest absolute Gasteiger partial charge is 0.295 e. The lowest BCUT2D eigenvalue weighted by Gasteiger charge is -2.26. The summed E-state index contributed by atoms with van der Waals surface area (Å²) in [5.74, 6) is -0.172. The minimum atomic E-state index is -0.886. The molecular weight excluding hydrogens is 478 g/mol. The summed E-state index contributed by atoms with van der Waals surface area (Å²) >= 11 is 0. The first-order valence-electron chi connectivity index (χ1n) is 11.6. The summed E-state index contributed by atoms with van der Waals surface area (Å²) in [4.78, 5) is 32.1. The van der Waals surface area contributed by atoms with Gasteiger partial charge in [0.2, 0.25) is 5.75 Å². The molecule has 194 valence electrons. The van der Waals surface area contributed by atoms with Gasteiger partial charge in [0.1, 0.15) is 11.5 Å².